The predicted molar refractivity (Wildman–Crippen MR) is 103 cm³/mol. The lowest BCUT2D eigenvalue weighted by Gasteiger charge is -2.06. The van der Waals surface area contributed by atoms with Gasteiger partial charge in [0, 0.05) is 10.6 Å². The first-order valence-electron chi connectivity index (χ1n) is 8.46. The van der Waals surface area contributed by atoms with Gasteiger partial charge in [-0.1, -0.05) is 80.4 Å². The Morgan fingerprint density at radius 2 is 1.29 bits per heavy atom. The van der Waals surface area contributed by atoms with Gasteiger partial charge in [-0.3, -0.25) is 0 Å². The number of aromatic hydroxyl groups is 2. The van der Waals surface area contributed by atoms with Crippen molar-refractivity contribution in [3.8, 4) is 11.5 Å². The molecule has 0 saturated carbocycles. The normalized spacial score (nSPS) is 10.1. The lowest BCUT2D eigenvalue weighted by molar-refractivity contribution is 0.466. The second-order valence-corrected chi connectivity index (χ2v) is 6.52. The highest BCUT2D eigenvalue weighted by Gasteiger charge is 2.05. The molecule has 2 rings (SSSR count). The van der Waals surface area contributed by atoms with Crippen molar-refractivity contribution in [1.29, 1.82) is 0 Å². The van der Waals surface area contributed by atoms with E-state index in [0.29, 0.717) is 15.8 Å². The molecule has 2 aromatic rings. The second-order valence-electron chi connectivity index (χ2n) is 5.71. The molecule has 4 heteroatoms. The van der Waals surface area contributed by atoms with Crippen LogP contribution in [0.4, 0.5) is 0 Å². The van der Waals surface area contributed by atoms with E-state index >= 15 is 0 Å². The molecule has 0 atom stereocenters. The fourth-order valence-electron chi connectivity index (χ4n) is 2.33. The molecule has 0 aliphatic rings. The molecular weight excluding hydrogens is 343 g/mol. The number of para-hydroxylation sites is 1. The summed E-state index contributed by atoms with van der Waals surface area (Å²) < 4.78 is 0. The number of rotatable bonds is 7. The molecule has 0 radical (unpaired) electrons. The van der Waals surface area contributed by atoms with Crippen LogP contribution in [-0.4, -0.2) is 10.2 Å². The van der Waals surface area contributed by atoms with Gasteiger partial charge in [-0.05, 0) is 37.1 Å². The quantitative estimate of drug-likeness (QED) is 0.516. The molecule has 0 bridgehead atoms. The summed E-state index contributed by atoms with van der Waals surface area (Å²) in [4.78, 5) is 0. The van der Waals surface area contributed by atoms with Gasteiger partial charge < -0.3 is 10.2 Å². The maximum atomic E-state index is 9.65. The molecule has 0 aromatic heterocycles. The number of hydrogen-bond donors (Lipinski definition) is 2. The summed E-state index contributed by atoms with van der Waals surface area (Å²) in [6, 6.07) is 12.0. The van der Waals surface area contributed by atoms with Gasteiger partial charge in [0.2, 0.25) is 0 Å². The lowest BCUT2D eigenvalue weighted by atomic mass is 10.0. The van der Waals surface area contributed by atoms with Crippen LogP contribution in [0.5, 0.6) is 11.5 Å². The zero-order chi connectivity index (χ0) is 17.8. The molecule has 132 valence electrons. The van der Waals surface area contributed by atoms with Crippen molar-refractivity contribution in [2.75, 3.05) is 0 Å². The van der Waals surface area contributed by atoms with Gasteiger partial charge in [0.15, 0.2) is 0 Å². The van der Waals surface area contributed by atoms with E-state index in [0.717, 1.165) is 18.4 Å². The molecule has 0 fully saturated rings. The first-order chi connectivity index (χ1) is 11.6. The SMILES string of the molecule is CCCCCCCCc1c(O)cccc1Cl.Oc1ccccc1Cl. The van der Waals surface area contributed by atoms with Crippen LogP contribution in [0.2, 0.25) is 10.0 Å². The van der Waals surface area contributed by atoms with Gasteiger partial charge in [-0.2, -0.15) is 0 Å². The Bertz CT molecular complexity index is 559. The fourth-order valence-corrected chi connectivity index (χ4v) is 2.73. The van der Waals surface area contributed by atoms with Crippen molar-refractivity contribution in [2.24, 2.45) is 0 Å². The van der Waals surface area contributed by atoms with Crippen molar-refractivity contribution in [1.82, 2.24) is 0 Å². The van der Waals surface area contributed by atoms with Gasteiger partial charge in [-0.25, -0.2) is 0 Å². The third-order valence-corrected chi connectivity index (χ3v) is 4.40. The van der Waals surface area contributed by atoms with E-state index in [-0.39, 0.29) is 5.75 Å². The van der Waals surface area contributed by atoms with Gasteiger partial charge >= 0.3 is 0 Å². The summed E-state index contributed by atoms with van der Waals surface area (Å²) in [6.45, 7) is 2.22. The number of benzene rings is 2. The molecule has 0 spiro atoms. The third-order valence-electron chi connectivity index (χ3n) is 3.73. The highest BCUT2D eigenvalue weighted by molar-refractivity contribution is 6.32. The van der Waals surface area contributed by atoms with Gasteiger partial charge in [-0.15, -0.1) is 0 Å². The molecule has 0 aliphatic carbocycles. The second kappa shape index (κ2) is 12.0. The first-order valence-corrected chi connectivity index (χ1v) is 9.21. The number of hydrogen-bond acceptors (Lipinski definition) is 2. The van der Waals surface area contributed by atoms with Crippen molar-refractivity contribution in [2.45, 2.75) is 51.9 Å². The highest BCUT2D eigenvalue weighted by atomic mass is 35.5. The molecule has 2 N–H and O–H groups in total. The smallest absolute Gasteiger partial charge is 0.134 e. The Kier molecular flexibility index (Phi) is 10.4. The summed E-state index contributed by atoms with van der Waals surface area (Å²) in [5.41, 5.74) is 0.902. The van der Waals surface area contributed by atoms with E-state index in [1.807, 2.05) is 6.07 Å². The van der Waals surface area contributed by atoms with Crippen LogP contribution < -0.4 is 0 Å². The van der Waals surface area contributed by atoms with Crippen LogP contribution in [0.25, 0.3) is 0 Å². The molecule has 0 unspecified atom stereocenters. The lowest BCUT2D eigenvalue weighted by Crippen LogP contribution is -1.88. The average Bonchev–Trinajstić information content (AvgIpc) is 2.56. The Morgan fingerprint density at radius 1 is 0.708 bits per heavy atom. The summed E-state index contributed by atoms with van der Waals surface area (Å²) in [7, 11) is 0. The highest BCUT2D eigenvalue weighted by Crippen LogP contribution is 2.27. The summed E-state index contributed by atoms with van der Waals surface area (Å²) >= 11 is 11.5. The monoisotopic (exact) mass is 368 g/mol. The first kappa shape index (κ1) is 20.7. The number of phenols is 2. The van der Waals surface area contributed by atoms with Crippen molar-refractivity contribution in [3.63, 3.8) is 0 Å². The third kappa shape index (κ3) is 7.94. The van der Waals surface area contributed by atoms with Crippen LogP contribution in [-0.2, 0) is 6.42 Å². The topological polar surface area (TPSA) is 40.5 Å². The fraction of sp³-hybridized carbons (Fsp3) is 0.400. The maximum Gasteiger partial charge on any atom is 0.134 e. The minimum Gasteiger partial charge on any atom is -0.508 e. The minimum atomic E-state index is 0.133. The maximum absolute atomic E-state index is 9.65. The van der Waals surface area contributed by atoms with Gasteiger partial charge in [0.25, 0.3) is 0 Å². The predicted octanol–water partition coefficient (Wildman–Crippen LogP) is 6.99. The van der Waals surface area contributed by atoms with Crippen LogP contribution >= 0.6 is 23.2 Å². The van der Waals surface area contributed by atoms with Gasteiger partial charge in [0.1, 0.15) is 11.5 Å². The van der Waals surface area contributed by atoms with Crippen LogP contribution in [0, 0.1) is 0 Å². The largest absolute Gasteiger partial charge is 0.508 e. The summed E-state index contributed by atoms with van der Waals surface area (Å²) in [5, 5.41) is 19.5. The van der Waals surface area contributed by atoms with Crippen molar-refractivity contribution >= 4 is 23.2 Å². The van der Waals surface area contributed by atoms with E-state index in [9.17, 15) is 5.11 Å². The van der Waals surface area contributed by atoms with Crippen LogP contribution in [0.1, 0.15) is 51.0 Å². The average molecular weight is 369 g/mol. The zero-order valence-corrected chi connectivity index (χ0v) is 15.7. The van der Waals surface area contributed by atoms with E-state index in [1.54, 1.807) is 36.4 Å². The summed E-state index contributed by atoms with van der Waals surface area (Å²) in [6.07, 6.45) is 8.45. The Morgan fingerprint density at radius 3 is 1.88 bits per heavy atom. The molecule has 24 heavy (non-hydrogen) atoms. The molecule has 0 aliphatic heterocycles. The molecule has 0 saturated heterocycles. The number of unbranched alkanes of at least 4 members (excludes halogenated alkanes) is 5. The van der Waals surface area contributed by atoms with E-state index in [1.165, 1.54) is 32.1 Å². The molecule has 0 heterocycles. The van der Waals surface area contributed by atoms with Crippen molar-refractivity contribution < 1.29 is 10.2 Å². The zero-order valence-electron chi connectivity index (χ0n) is 14.1. The van der Waals surface area contributed by atoms with Crippen LogP contribution in [0.15, 0.2) is 42.5 Å². The molecule has 0 amide bonds. The Hall–Kier alpha value is -1.38. The van der Waals surface area contributed by atoms with E-state index < -0.39 is 0 Å². The molecular formula is C20H26Cl2O2. The van der Waals surface area contributed by atoms with E-state index in [2.05, 4.69) is 6.92 Å². The van der Waals surface area contributed by atoms with Crippen molar-refractivity contribution in [3.05, 3.63) is 58.1 Å². The standard InChI is InChI=1S/C14H21ClO.C6H5ClO/c1-2-3-4-5-6-7-9-12-13(15)10-8-11-14(12)16;7-5-3-1-2-4-6(5)8/h8,10-11,16H,2-7,9H2,1H3;1-4,8H. The summed E-state index contributed by atoms with van der Waals surface area (Å²) in [5.74, 6) is 0.468. The van der Waals surface area contributed by atoms with Crippen LogP contribution in [0.3, 0.4) is 0 Å². The Balaban J connectivity index is 0.000000300. The molecule has 2 nitrogen and oxygen atoms in total. The Labute approximate surface area is 155 Å². The number of halogens is 2. The van der Waals surface area contributed by atoms with E-state index in [4.69, 9.17) is 28.3 Å². The van der Waals surface area contributed by atoms with Gasteiger partial charge in [0.05, 0.1) is 5.02 Å². The molecule has 2 aromatic carbocycles. The number of phenolic OH excluding ortho intramolecular Hbond substituents is 2. The minimum absolute atomic E-state index is 0.133.